The Kier molecular flexibility index (Phi) is 4.06. The Labute approximate surface area is 129 Å². The molecule has 0 bridgehead atoms. The van der Waals surface area contributed by atoms with Gasteiger partial charge < -0.3 is 9.63 Å². The largest absolute Gasteiger partial charge is 0.478 e. The Bertz CT molecular complexity index is 794. The van der Waals surface area contributed by atoms with Gasteiger partial charge in [-0.2, -0.15) is 0 Å². The normalized spacial score (nSPS) is 11.4. The van der Waals surface area contributed by atoms with Crippen molar-refractivity contribution in [1.82, 2.24) is 5.16 Å². The number of anilines is 1. The molecule has 2 rings (SSSR count). The zero-order valence-electron chi connectivity index (χ0n) is 11.0. The molecule has 0 saturated carbocycles. The van der Waals surface area contributed by atoms with E-state index in [1.807, 2.05) is 0 Å². The summed E-state index contributed by atoms with van der Waals surface area (Å²) in [7, 11) is -3.87. The van der Waals surface area contributed by atoms with E-state index in [4.69, 9.17) is 9.63 Å². The number of nitrogens with zero attached hydrogens (tertiary/aromatic N) is 1. The van der Waals surface area contributed by atoms with Crippen molar-refractivity contribution in [3.8, 4) is 0 Å². The first-order valence-corrected chi connectivity index (χ1v) is 7.98. The summed E-state index contributed by atoms with van der Waals surface area (Å²) in [6.45, 7) is 3.02. The van der Waals surface area contributed by atoms with Crippen LogP contribution >= 0.6 is 15.9 Å². The fourth-order valence-corrected chi connectivity index (χ4v) is 3.81. The van der Waals surface area contributed by atoms with Gasteiger partial charge in [0.05, 0.1) is 11.3 Å². The summed E-state index contributed by atoms with van der Waals surface area (Å²) in [5.74, 6) is -0.922. The van der Waals surface area contributed by atoms with Crippen LogP contribution in [0.3, 0.4) is 0 Å². The number of carboxylic acid groups (broad SMARTS) is 1. The molecule has 112 valence electrons. The number of halogens is 1. The number of rotatable bonds is 4. The van der Waals surface area contributed by atoms with E-state index in [-0.39, 0.29) is 27.6 Å². The standard InChI is InChI=1S/C12H11BrN2O5S/c1-6-11(7(2)20-14-6)21(18,19)15-10-4-3-8(12(16)17)5-9(10)13/h3-5,15H,1-2H3,(H,16,17). The SMILES string of the molecule is Cc1noc(C)c1S(=O)(=O)Nc1ccc(C(=O)O)cc1Br. The van der Waals surface area contributed by atoms with Gasteiger partial charge in [0.2, 0.25) is 0 Å². The molecule has 0 radical (unpaired) electrons. The molecular weight excluding hydrogens is 364 g/mol. The van der Waals surface area contributed by atoms with Crippen molar-refractivity contribution in [1.29, 1.82) is 0 Å². The molecule has 1 aromatic carbocycles. The minimum Gasteiger partial charge on any atom is -0.478 e. The Morgan fingerprint density at radius 1 is 1.38 bits per heavy atom. The first-order chi connectivity index (χ1) is 9.72. The molecule has 0 fully saturated rings. The topological polar surface area (TPSA) is 110 Å². The number of sulfonamides is 1. The molecule has 1 heterocycles. The molecule has 2 aromatic rings. The van der Waals surface area contributed by atoms with Gasteiger partial charge in [-0.05, 0) is 48.0 Å². The molecule has 0 saturated heterocycles. The lowest BCUT2D eigenvalue weighted by molar-refractivity contribution is 0.0697. The summed E-state index contributed by atoms with van der Waals surface area (Å²) in [5.41, 5.74) is 0.514. The van der Waals surface area contributed by atoms with Crippen LogP contribution < -0.4 is 4.72 Å². The van der Waals surface area contributed by atoms with E-state index >= 15 is 0 Å². The maximum atomic E-state index is 12.3. The smallest absolute Gasteiger partial charge is 0.335 e. The van der Waals surface area contributed by atoms with Gasteiger partial charge in [0.25, 0.3) is 10.0 Å². The van der Waals surface area contributed by atoms with Gasteiger partial charge in [0.1, 0.15) is 5.69 Å². The second-order valence-corrected chi connectivity index (χ2v) is 6.73. The lowest BCUT2D eigenvalue weighted by Crippen LogP contribution is -2.15. The van der Waals surface area contributed by atoms with E-state index in [9.17, 15) is 13.2 Å². The molecule has 0 atom stereocenters. The molecule has 7 nitrogen and oxygen atoms in total. The van der Waals surface area contributed by atoms with Gasteiger partial charge >= 0.3 is 5.97 Å². The van der Waals surface area contributed by atoms with Gasteiger partial charge in [-0.3, -0.25) is 4.72 Å². The predicted molar refractivity (Wildman–Crippen MR) is 77.9 cm³/mol. The average Bonchev–Trinajstić information content (AvgIpc) is 2.71. The van der Waals surface area contributed by atoms with Crippen LogP contribution in [0.15, 0.2) is 32.1 Å². The van der Waals surface area contributed by atoms with E-state index in [2.05, 4.69) is 25.8 Å². The predicted octanol–water partition coefficient (Wildman–Crippen LogP) is 2.55. The van der Waals surface area contributed by atoms with Crippen molar-refractivity contribution in [2.24, 2.45) is 0 Å². The highest BCUT2D eigenvalue weighted by molar-refractivity contribution is 9.10. The minimum absolute atomic E-state index is 0.0308. The van der Waals surface area contributed by atoms with Crippen LogP contribution in [-0.4, -0.2) is 24.7 Å². The van der Waals surface area contributed by atoms with Crippen molar-refractivity contribution in [3.05, 3.63) is 39.7 Å². The monoisotopic (exact) mass is 374 g/mol. The van der Waals surface area contributed by atoms with E-state index in [0.29, 0.717) is 4.47 Å². The first-order valence-electron chi connectivity index (χ1n) is 5.71. The molecule has 0 amide bonds. The minimum atomic E-state index is -3.87. The van der Waals surface area contributed by atoms with Crippen molar-refractivity contribution in [2.75, 3.05) is 4.72 Å². The fourth-order valence-electron chi connectivity index (χ4n) is 1.78. The van der Waals surface area contributed by atoms with Crippen molar-refractivity contribution in [2.45, 2.75) is 18.7 Å². The van der Waals surface area contributed by atoms with Gasteiger partial charge in [-0.25, -0.2) is 13.2 Å². The van der Waals surface area contributed by atoms with E-state index in [1.54, 1.807) is 0 Å². The third kappa shape index (κ3) is 3.08. The number of hydrogen-bond acceptors (Lipinski definition) is 5. The van der Waals surface area contributed by atoms with Crippen LogP contribution in [0.1, 0.15) is 21.8 Å². The molecular formula is C12H11BrN2O5S. The number of benzene rings is 1. The molecule has 9 heteroatoms. The summed E-state index contributed by atoms with van der Waals surface area (Å²) < 4.78 is 32.2. The molecule has 0 aliphatic heterocycles. The zero-order chi connectivity index (χ0) is 15.8. The molecule has 21 heavy (non-hydrogen) atoms. The number of aryl methyl sites for hydroxylation is 2. The van der Waals surface area contributed by atoms with Gasteiger partial charge in [-0.15, -0.1) is 0 Å². The first kappa shape index (κ1) is 15.5. The van der Waals surface area contributed by atoms with Crippen LogP contribution in [0, 0.1) is 13.8 Å². The quantitative estimate of drug-likeness (QED) is 0.850. The summed E-state index contributed by atoms with van der Waals surface area (Å²) in [6.07, 6.45) is 0. The summed E-state index contributed by atoms with van der Waals surface area (Å²) >= 11 is 3.14. The highest BCUT2D eigenvalue weighted by atomic mass is 79.9. The highest BCUT2D eigenvalue weighted by Crippen LogP contribution is 2.28. The lowest BCUT2D eigenvalue weighted by Gasteiger charge is -2.09. The lowest BCUT2D eigenvalue weighted by atomic mass is 10.2. The Morgan fingerprint density at radius 3 is 2.52 bits per heavy atom. The maximum Gasteiger partial charge on any atom is 0.335 e. The number of aromatic nitrogens is 1. The Balaban J connectivity index is 2.40. The van der Waals surface area contributed by atoms with Crippen molar-refractivity contribution < 1.29 is 22.8 Å². The van der Waals surface area contributed by atoms with Crippen LogP contribution in [0.4, 0.5) is 5.69 Å². The average molecular weight is 375 g/mol. The second kappa shape index (κ2) is 5.49. The van der Waals surface area contributed by atoms with Crippen LogP contribution in [0.25, 0.3) is 0 Å². The summed E-state index contributed by atoms with van der Waals surface area (Å²) in [4.78, 5) is 10.8. The molecule has 2 N–H and O–H groups in total. The van der Waals surface area contributed by atoms with E-state index in [0.717, 1.165) is 0 Å². The molecule has 1 aromatic heterocycles. The Morgan fingerprint density at radius 2 is 2.05 bits per heavy atom. The summed E-state index contributed by atoms with van der Waals surface area (Å²) in [6, 6.07) is 3.98. The number of carbonyl (C=O) groups is 1. The molecule has 0 unspecified atom stereocenters. The fraction of sp³-hybridized carbons (Fsp3) is 0.167. The van der Waals surface area contributed by atoms with Gasteiger partial charge in [0, 0.05) is 4.47 Å². The summed E-state index contributed by atoms with van der Waals surface area (Å²) in [5, 5.41) is 12.5. The Hall–Kier alpha value is -1.87. The van der Waals surface area contributed by atoms with Crippen LogP contribution in [0.2, 0.25) is 0 Å². The number of nitrogens with one attached hydrogen (secondary N) is 1. The van der Waals surface area contributed by atoms with Crippen molar-refractivity contribution >= 4 is 37.6 Å². The van der Waals surface area contributed by atoms with E-state index < -0.39 is 16.0 Å². The number of carboxylic acids is 1. The molecule has 0 aliphatic rings. The van der Waals surface area contributed by atoms with Gasteiger partial charge in [-0.1, -0.05) is 5.16 Å². The molecule has 0 aliphatic carbocycles. The van der Waals surface area contributed by atoms with E-state index in [1.165, 1.54) is 32.0 Å². The van der Waals surface area contributed by atoms with Crippen LogP contribution in [0.5, 0.6) is 0 Å². The second-order valence-electron chi connectivity index (χ2n) is 4.26. The van der Waals surface area contributed by atoms with Crippen LogP contribution in [-0.2, 0) is 10.0 Å². The maximum absolute atomic E-state index is 12.3. The third-order valence-electron chi connectivity index (χ3n) is 2.70. The number of aromatic carboxylic acids is 1. The third-order valence-corrected chi connectivity index (χ3v) is 4.96. The highest BCUT2D eigenvalue weighted by Gasteiger charge is 2.25. The zero-order valence-corrected chi connectivity index (χ0v) is 13.4. The number of hydrogen-bond donors (Lipinski definition) is 2. The molecule has 0 spiro atoms. The van der Waals surface area contributed by atoms with Gasteiger partial charge in [0.15, 0.2) is 10.7 Å². The van der Waals surface area contributed by atoms with Crippen molar-refractivity contribution in [3.63, 3.8) is 0 Å².